The molecular formula is C27H33F3N6O4. The predicted molar refractivity (Wildman–Crippen MR) is 141 cm³/mol. The van der Waals surface area contributed by atoms with Crippen molar-refractivity contribution in [3.05, 3.63) is 54.6 Å². The molecule has 0 aliphatic heterocycles. The molecule has 10 nitrogen and oxygen atoms in total. The van der Waals surface area contributed by atoms with Gasteiger partial charge in [0.25, 0.3) is 5.91 Å². The number of aromatic nitrogens is 4. The molecule has 40 heavy (non-hydrogen) atoms. The standard InChI is InChI=1S/C27H33F3N6O4/c1-5-6-7-20(23(37)24(38)33-22-12-13-32-34-22)36(25(39)40)21(26(2,3)4)15-35-14-19(31-16-35)17-8-10-18(11-9-17)27(28,29)30/h8-14,16,20-21H,5-7,15H2,1-4H3,(H,39,40)(H2,32,33,34,38)/t20-,21?/m0/s1. The number of nitrogens with one attached hydrogen (secondary N) is 2. The van der Waals surface area contributed by atoms with Crippen molar-refractivity contribution in [2.24, 2.45) is 5.41 Å². The monoisotopic (exact) mass is 562 g/mol. The van der Waals surface area contributed by atoms with Crippen LogP contribution < -0.4 is 5.32 Å². The SMILES string of the molecule is CCCC[C@@H](C(=O)C(=O)Nc1ccn[nH]1)N(C(=O)O)C(Cn1cnc(-c2ccc(C(F)(F)F)cc2)c1)C(C)(C)C. The maximum atomic E-state index is 13.3. The lowest BCUT2D eigenvalue weighted by atomic mass is 9.84. The van der Waals surface area contributed by atoms with E-state index < -0.39 is 47.0 Å². The second kappa shape index (κ2) is 12.3. The van der Waals surface area contributed by atoms with E-state index >= 15 is 0 Å². The predicted octanol–water partition coefficient (Wildman–Crippen LogP) is 5.45. The number of carbonyl (C=O) groups is 3. The van der Waals surface area contributed by atoms with Gasteiger partial charge in [0.2, 0.25) is 5.78 Å². The molecule has 3 rings (SSSR count). The topological polar surface area (TPSA) is 133 Å². The first-order valence-electron chi connectivity index (χ1n) is 12.8. The number of rotatable bonds is 11. The van der Waals surface area contributed by atoms with E-state index in [-0.39, 0.29) is 18.8 Å². The van der Waals surface area contributed by atoms with Crippen molar-refractivity contribution in [3.63, 3.8) is 0 Å². The number of halogens is 3. The third-order valence-electron chi connectivity index (χ3n) is 6.52. The van der Waals surface area contributed by atoms with Crippen molar-refractivity contribution in [2.75, 3.05) is 5.32 Å². The van der Waals surface area contributed by atoms with Crippen molar-refractivity contribution >= 4 is 23.6 Å². The van der Waals surface area contributed by atoms with Gasteiger partial charge in [-0.3, -0.25) is 19.6 Å². The number of nitrogens with zero attached hydrogens (tertiary/aromatic N) is 4. The summed E-state index contributed by atoms with van der Waals surface area (Å²) >= 11 is 0. The lowest BCUT2D eigenvalue weighted by Gasteiger charge is -2.42. The van der Waals surface area contributed by atoms with Crippen molar-refractivity contribution in [2.45, 2.75) is 71.8 Å². The van der Waals surface area contributed by atoms with E-state index in [1.165, 1.54) is 30.7 Å². The summed E-state index contributed by atoms with van der Waals surface area (Å²) in [5, 5.41) is 19.0. The van der Waals surface area contributed by atoms with E-state index in [0.29, 0.717) is 24.1 Å². The summed E-state index contributed by atoms with van der Waals surface area (Å²) in [4.78, 5) is 44.2. The number of unbranched alkanes of at least 4 members (excludes halogenated alkanes) is 1. The minimum Gasteiger partial charge on any atom is -0.465 e. The Kier molecular flexibility index (Phi) is 9.38. The maximum Gasteiger partial charge on any atom is 0.416 e. The quantitative estimate of drug-likeness (QED) is 0.266. The van der Waals surface area contributed by atoms with Crippen LogP contribution in [0.4, 0.5) is 23.8 Å². The average Bonchev–Trinajstić information content (AvgIpc) is 3.56. The number of alkyl halides is 3. The molecule has 2 heterocycles. The van der Waals surface area contributed by atoms with Crippen molar-refractivity contribution in [1.82, 2.24) is 24.6 Å². The van der Waals surface area contributed by atoms with E-state index in [9.17, 15) is 32.7 Å². The van der Waals surface area contributed by atoms with E-state index in [1.807, 2.05) is 27.7 Å². The minimum absolute atomic E-state index is 0.0848. The summed E-state index contributed by atoms with van der Waals surface area (Å²) in [6, 6.07) is 4.02. The normalized spacial score (nSPS) is 13.5. The summed E-state index contributed by atoms with van der Waals surface area (Å²) in [6.07, 6.45) is -0.0153. The number of Topliss-reactive ketones (excluding diaryl/α,β-unsaturated/α-hetero) is 1. The van der Waals surface area contributed by atoms with Gasteiger partial charge in [0.15, 0.2) is 0 Å². The molecule has 1 unspecified atom stereocenters. The molecule has 2 amide bonds. The van der Waals surface area contributed by atoms with Gasteiger partial charge in [-0.25, -0.2) is 9.78 Å². The zero-order valence-electron chi connectivity index (χ0n) is 22.7. The van der Waals surface area contributed by atoms with E-state index in [2.05, 4.69) is 20.5 Å². The molecule has 3 aromatic rings. The first kappa shape index (κ1) is 30.4. The number of carbonyl (C=O) groups excluding carboxylic acids is 2. The Hall–Kier alpha value is -4.16. The molecule has 2 aromatic heterocycles. The molecule has 0 radical (unpaired) electrons. The third-order valence-corrected chi connectivity index (χ3v) is 6.52. The number of carboxylic acid groups (broad SMARTS) is 1. The van der Waals surface area contributed by atoms with Gasteiger partial charge in [0, 0.05) is 24.4 Å². The van der Waals surface area contributed by atoms with Gasteiger partial charge in [0.05, 0.1) is 29.8 Å². The number of anilines is 1. The van der Waals surface area contributed by atoms with Gasteiger partial charge >= 0.3 is 12.3 Å². The number of amides is 2. The van der Waals surface area contributed by atoms with Crippen LogP contribution in [-0.2, 0) is 22.3 Å². The molecule has 0 saturated heterocycles. The Labute approximate surface area is 229 Å². The van der Waals surface area contributed by atoms with E-state index in [4.69, 9.17) is 0 Å². The number of hydrogen-bond acceptors (Lipinski definition) is 5. The number of aromatic amines is 1. The van der Waals surface area contributed by atoms with Crippen LogP contribution in [-0.4, -0.2) is 59.6 Å². The molecular weight excluding hydrogens is 529 g/mol. The van der Waals surface area contributed by atoms with Gasteiger partial charge in [-0.1, -0.05) is 52.7 Å². The number of ketones is 1. The molecule has 216 valence electrons. The van der Waals surface area contributed by atoms with Gasteiger partial charge in [-0.05, 0) is 24.0 Å². The maximum absolute atomic E-state index is 13.3. The minimum atomic E-state index is -4.46. The van der Waals surface area contributed by atoms with Gasteiger partial charge in [-0.2, -0.15) is 18.3 Å². The molecule has 0 spiro atoms. The van der Waals surface area contributed by atoms with Crippen molar-refractivity contribution in [3.8, 4) is 11.3 Å². The number of hydrogen-bond donors (Lipinski definition) is 3. The lowest BCUT2D eigenvalue weighted by molar-refractivity contribution is -0.139. The van der Waals surface area contributed by atoms with Crippen LogP contribution in [0.25, 0.3) is 11.3 Å². The summed E-state index contributed by atoms with van der Waals surface area (Å²) in [7, 11) is 0. The summed E-state index contributed by atoms with van der Waals surface area (Å²) < 4.78 is 40.5. The second-order valence-electron chi connectivity index (χ2n) is 10.5. The first-order valence-corrected chi connectivity index (χ1v) is 12.8. The zero-order chi connectivity index (χ0) is 29.7. The number of benzene rings is 1. The summed E-state index contributed by atoms with van der Waals surface area (Å²) in [5.74, 6) is -1.65. The summed E-state index contributed by atoms with van der Waals surface area (Å²) in [5.41, 5.74) is -0.594. The Balaban J connectivity index is 1.91. The fourth-order valence-electron chi connectivity index (χ4n) is 4.36. The average molecular weight is 563 g/mol. The third kappa shape index (κ3) is 7.48. The highest BCUT2D eigenvalue weighted by Gasteiger charge is 2.42. The first-order chi connectivity index (χ1) is 18.7. The zero-order valence-corrected chi connectivity index (χ0v) is 22.7. The highest BCUT2D eigenvalue weighted by molar-refractivity contribution is 6.42. The van der Waals surface area contributed by atoms with Crippen LogP contribution in [0.2, 0.25) is 0 Å². The van der Waals surface area contributed by atoms with Crippen LogP contribution in [0.15, 0.2) is 49.1 Å². The van der Waals surface area contributed by atoms with Gasteiger partial charge in [0.1, 0.15) is 11.9 Å². The molecule has 0 saturated carbocycles. The van der Waals surface area contributed by atoms with Crippen LogP contribution in [0.3, 0.4) is 0 Å². The molecule has 0 fully saturated rings. The highest BCUT2D eigenvalue weighted by Crippen LogP contribution is 2.32. The molecule has 0 bridgehead atoms. The Morgan fingerprint density at radius 1 is 1.12 bits per heavy atom. The van der Waals surface area contributed by atoms with Crippen LogP contribution in [0, 0.1) is 5.41 Å². The molecule has 1 aromatic carbocycles. The van der Waals surface area contributed by atoms with Crippen molar-refractivity contribution < 1.29 is 32.7 Å². The van der Waals surface area contributed by atoms with Crippen LogP contribution in [0.5, 0.6) is 0 Å². The van der Waals surface area contributed by atoms with E-state index in [0.717, 1.165) is 17.0 Å². The second-order valence-corrected chi connectivity index (χ2v) is 10.5. The van der Waals surface area contributed by atoms with Gasteiger partial charge < -0.3 is 15.0 Å². The smallest absolute Gasteiger partial charge is 0.416 e. The van der Waals surface area contributed by atoms with Crippen molar-refractivity contribution in [1.29, 1.82) is 0 Å². The Morgan fingerprint density at radius 3 is 2.33 bits per heavy atom. The summed E-state index contributed by atoms with van der Waals surface area (Å²) in [6.45, 7) is 7.46. The fraction of sp³-hybridized carbons (Fsp3) is 0.444. The largest absolute Gasteiger partial charge is 0.465 e. The number of imidazole rings is 1. The molecule has 2 atom stereocenters. The van der Waals surface area contributed by atoms with Crippen LogP contribution >= 0.6 is 0 Å². The lowest BCUT2D eigenvalue weighted by Crippen LogP contribution is -2.57. The Bertz CT molecular complexity index is 1300. The van der Waals surface area contributed by atoms with Crippen LogP contribution in [0.1, 0.15) is 52.5 Å². The molecule has 0 aliphatic carbocycles. The van der Waals surface area contributed by atoms with E-state index in [1.54, 1.807) is 10.8 Å². The van der Waals surface area contributed by atoms with Gasteiger partial charge in [-0.15, -0.1) is 0 Å². The highest BCUT2D eigenvalue weighted by atomic mass is 19.4. The Morgan fingerprint density at radius 2 is 1.80 bits per heavy atom. The number of H-pyrrole nitrogens is 1. The molecule has 13 heteroatoms. The molecule has 0 aliphatic rings. The fourth-order valence-corrected chi connectivity index (χ4v) is 4.36. The molecule has 3 N–H and O–H groups in total.